The quantitative estimate of drug-likeness (QED) is 0.163. The van der Waals surface area contributed by atoms with E-state index < -0.39 is 10.8 Å². The van der Waals surface area contributed by atoms with E-state index in [1.54, 1.807) is 28.8 Å². The molecular formula is C31H25Cl3N4O3S. The third kappa shape index (κ3) is 5.50. The van der Waals surface area contributed by atoms with Gasteiger partial charge >= 0.3 is 0 Å². The van der Waals surface area contributed by atoms with Gasteiger partial charge in [-0.15, -0.1) is 11.8 Å². The molecule has 5 rings (SSSR count). The van der Waals surface area contributed by atoms with Crippen molar-refractivity contribution in [1.29, 1.82) is 5.26 Å². The Kier molecular flexibility index (Phi) is 8.58. The first-order valence-corrected chi connectivity index (χ1v) is 15.2. The fourth-order valence-corrected chi connectivity index (χ4v) is 7.42. The van der Waals surface area contributed by atoms with Crippen molar-refractivity contribution in [1.82, 2.24) is 0 Å². The van der Waals surface area contributed by atoms with Gasteiger partial charge in [0.25, 0.3) is 5.69 Å². The second kappa shape index (κ2) is 12.0. The summed E-state index contributed by atoms with van der Waals surface area (Å²) in [6.07, 6.45) is 1.48. The molecule has 1 atom stereocenters. The number of thioether (sulfide) groups is 1. The van der Waals surface area contributed by atoms with E-state index in [0.717, 1.165) is 27.1 Å². The third-order valence-electron chi connectivity index (χ3n) is 7.58. The van der Waals surface area contributed by atoms with Crippen LogP contribution in [0.5, 0.6) is 0 Å². The van der Waals surface area contributed by atoms with Crippen LogP contribution in [-0.4, -0.2) is 10.7 Å². The molecule has 1 aliphatic heterocycles. The predicted octanol–water partition coefficient (Wildman–Crippen LogP) is 8.77. The summed E-state index contributed by atoms with van der Waals surface area (Å²) in [6.45, 7) is 3.97. The average molecular weight is 640 g/mol. The number of nitrogens with two attached hydrogens (primary N) is 1. The predicted molar refractivity (Wildman–Crippen MR) is 168 cm³/mol. The highest BCUT2D eigenvalue weighted by Crippen LogP contribution is 2.49. The maximum absolute atomic E-state index is 13.6. The van der Waals surface area contributed by atoms with Gasteiger partial charge < -0.3 is 5.73 Å². The van der Waals surface area contributed by atoms with Crippen molar-refractivity contribution in [2.75, 3.05) is 4.90 Å². The van der Waals surface area contributed by atoms with Gasteiger partial charge in [-0.25, -0.2) is 0 Å². The number of ketones is 1. The minimum Gasteiger partial charge on any atom is -0.384 e. The molecule has 1 heterocycles. The molecule has 0 bridgehead atoms. The van der Waals surface area contributed by atoms with E-state index in [1.165, 1.54) is 18.2 Å². The van der Waals surface area contributed by atoms with E-state index in [0.29, 0.717) is 52.0 Å². The lowest BCUT2D eigenvalue weighted by Gasteiger charge is -2.40. The van der Waals surface area contributed by atoms with Gasteiger partial charge in [-0.05, 0) is 67.6 Å². The largest absolute Gasteiger partial charge is 0.384 e. The highest BCUT2D eigenvalue weighted by atomic mass is 35.5. The zero-order valence-corrected chi connectivity index (χ0v) is 25.8. The number of rotatable bonds is 6. The molecule has 2 N–H and O–H groups in total. The number of halogens is 3. The lowest BCUT2D eigenvalue weighted by atomic mass is 9.73. The molecule has 1 unspecified atom stereocenters. The molecule has 7 nitrogen and oxygen atoms in total. The van der Waals surface area contributed by atoms with Gasteiger partial charge in [0.2, 0.25) is 0 Å². The summed E-state index contributed by atoms with van der Waals surface area (Å²) in [5, 5.41) is 23.1. The fraction of sp³-hybridized carbons (Fsp3) is 0.226. The Bertz CT molecular complexity index is 1760. The third-order valence-corrected chi connectivity index (χ3v) is 9.67. The number of non-ortho nitro benzene ring substituents is 1. The van der Waals surface area contributed by atoms with E-state index in [9.17, 15) is 20.2 Å². The van der Waals surface area contributed by atoms with Crippen molar-refractivity contribution < 1.29 is 9.72 Å². The van der Waals surface area contributed by atoms with Crippen LogP contribution < -0.4 is 10.6 Å². The number of carbonyl (C=O) groups is 1. The molecule has 214 valence electrons. The Morgan fingerprint density at radius 3 is 2.55 bits per heavy atom. The highest BCUT2D eigenvalue weighted by Gasteiger charge is 2.41. The number of hydrogen-bond acceptors (Lipinski definition) is 7. The Hall–Kier alpha value is -3.48. The van der Waals surface area contributed by atoms with Crippen molar-refractivity contribution in [3.8, 4) is 6.07 Å². The number of benzene rings is 3. The summed E-state index contributed by atoms with van der Waals surface area (Å²) in [5.74, 6) is 0.0178. The summed E-state index contributed by atoms with van der Waals surface area (Å²) < 4.78 is 0. The standard InChI is InChI=1S/C31H25Cl3N4O3S/c1-16-10-18(15-42-28-12-19(32)6-8-23(28)33)17(2)21(11-16)29-22(14-35)31(36)37(26-4-3-5-27(39)30(26)29)25-9-7-20(38(40)41)13-24(25)34/h6-13,29H,3-5,15,36H2,1-2H3. The normalized spacial score (nSPS) is 16.9. The number of aryl methyl sites for hydroxylation is 1. The van der Waals surface area contributed by atoms with Crippen LogP contribution in [0, 0.1) is 35.3 Å². The molecule has 0 radical (unpaired) electrons. The Morgan fingerprint density at radius 1 is 1.10 bits per heavy atom. The molecule has 0 saturated carbocycles. The number of hydrogen-bond donors (Lipinski definition) is 1. The first-order chi connectivity index (χ1) is 20.0. The zero-order chi connectivity index (χ0) is 30.3. The minimum absolute atomic E-state index is 0.0629. The summed E-state index contributed by atoms with van der Waals surface area (Å²) >= 11 is 20.7. The lowest BCUT2D eigenvalue weighted by molar-refractivity contribution is -0.384. The minimum atomic E-state index is -0.663. The van der Waals surface area contributed by atoms with Crippen LogP contribution in [0.2, 0.25) is 15.1 Å². The average Bonchev–Trinajstić information content (AvgIpc) is 2.95. The van der Waals surface area contributed by atoms with Crippen LogP contribution in [0.3, 0.4) is 0 Å². The van der Waals surface area contributed by atoms with Gasteiger partial charge in [-0.2, -0.15) is 5.26 Å². The van der Waals surface area contributed by atoms with Gasteiger partial charge in [-0.3, -0.25) is 19.8 Å². The maximum atomic E-state index is 13.6. The highest BCUT2D eigenvalue weighted by molar-refractivity contribution is 7.98. The number of nitriles is 1. The Labute approximate surface area is 262 Å². The number of nitro benzene ring substituents is 1. The molecule has 0 fully saturated rings. The maximum Gasteiger partial charge on any atom is 0.271 e. The van der Waals surface area contributed by atoms with E-state index in [1.807, 2.05) is 26.0 Å². The molecule has 0 amide bonds. The molecule has 0 saturated heterocycles. The first kappa shape index (κ1) is 30.0. The van der Waals surface area contributed by atoms with Gasteiger partial charge in [0.1, 0.15) is 5.82 Å². The summed E-state index contributed by atoms with van der Waals surface area (Å²) in [7, 11) is 0. The van der Waals surface area contributed by atoms with Crippen LogP contribution in [0.4, 0.5) is 11.4 Å². The van der Waals surface area contributed by atoms with Gasteiger partial charge in [0.15, 0.2) is 5.78 Å². The molecular weight excluding hydrogens is 615 g/mol. The van der Waals surface area contributed by atoms with Crippen LogP contribution in [-0.2, 0) is 10.5 Å². The summed E-state index contributed by atoms with van der Waals surface area (Å²) in [4.78, 5) is 26.9. The van der Waals surface area contributed by atoms with Crippen LogP contribution >= 0.6 is 46.6 Å². The monoisotopic (exact) mass is 638 g/mol. The van der Waals surface area contributed by atoms with E-state index in [2.05, 4.69) is 12.1 Å². The number of allylic oxidation sites excluding steroid dienone is 3. The van der Waals surface area contributed by atoms with Crippen molar-refractivity contribution in [2.45, 2.75) is 49.7 Å². The van der Waals surface area contributed by atoms with Crippen molar-refractivity contribution in [2.24, 2.45) is 5.73 Å². The van der Waals surface area contributed by atoms with Crippen LogP contribution in [0.25, 0.3) is 0 Å². The molecule has 42 heavy (non-hydrogen) atoms. The van der Waals surface area contributed by atoms with Gasteiger partial charge in [-0.1, -0.05) is 52.5 Å². The second-order valence-electron chi connectivity index (χ2n) is 10.2. The van der Waals surface area contributed by atoms with Gasteiger partial charge in [0.05, 0.1) is 38.2 Å². The Morgan fingerprint density at radius 2 is 1.86 bits per heavy atom. The molecule has 0 spiro atoms. The molecule has 2 aliphatic rings. The van der Waals surface area contributed by atoms with Crippen molar-refractivity contribution in [3.63, 3.8) is 0 Å². The smallest absolute Gasteiger partial charge is 0.271 e. The van der Waals surface area contributed by atoms with Gasteiger partial charge in [0, 0.05) is 45.5 Å². The number of nitro groups is 1. The molecule has 3 aromatic carbocycles. The van der Waals surface area contributed by atoms with E-state index in [4.69, 9.17) is 40.5 Å². The fourth-order valence-electron chi connectivity index (χ4n) is 5.62. The van der Waals surface area contributed by atoms with E-state index >= 15 is 0 Å². The number of carbonyl (C=O) groups excluding carboxylic acids is 1. The SMILES string of the molecule is Cc1cc(CSc2cc(Cl)ccc2Cl)c(C)c(C2C(C#N)=C(N)N(c3ccc([N+](=O)[O-])cc3Cl)C3=C2C(=O)CCC3)c1. The summed E-state index contributed by atoms with van der Waals surface area (Å²) in [5.41, 5.74) is 12.1. The zero-order valence-electron chi connectivity index (χ0n) is 22.7. The second-order valence-corrected chi connectivity index (χ2v) is 12.5. The molecule has 11 heteroatoms. The summed E-state index contributed by atoms with van der Waals surface area (Å²) in [6, 6.07) is 15.8. The molecule has 0 aromatic heterocycles. The molecule has 3 aromatic rings. The topological polar surface area (TPSA) is 113 Å². The number of anilines is 1. The molecule has 1 aliphatic carbocycles. The first-order valence-electron chi connectivity index (χ1n) is 13.1. The Balaban J connectivity index is 1.64. The van der Waals surface area contributed by atoms with E-state index in [-0.39, 0.29) is 27.9 Å². The van der Waals surface area contributed by atoms with Crippen molar-refractivity contribution in [3.05, 3.63) is 119 Å². The lowest BCUT2D eigenvalue weighted by Crippen LogP contribution is -2.39. The van der Waals surface area contributed by atoms with Crippen LogP contribution in [0.15, 0.2) is 76.1 Å². The number of nitrogens with zero attached hydrogens (tertiary/aromatic N) is 3. The van der Waals surface area contributed by atoms with Crippen LogP contribution in [0.1, 0.15) is 47.4 Å². The number of Topliss-reactive ketones (excluding diaryl/α,β-unsaturated/α-hetero) is 1. The van der Waals surface area contributed by atoms with Crippen molar-refractivity contribution >= 4 is 63.7 Å².